The molecule has 8 atom stereocenters. The molecule has 0 spiro atoms. The predicted octanol–water partition coefficient (Wildman–Crippen LogP) is -1.36. The number of phosphoric acid groups is 3. The number of amides is 2. The number of aromatic nitrogens is 4. The molecule has 29 heteroatoms. The molecule has 2 aromatic rings. The average molecular weight is 948 g/mol. The van der Waals surface area contributed by atoms with Gasteiger partial charge in [-0.3, -0.25) is 28.1 Å². The number of carbonyl (C=O) groups is 3. The quantitative estimate of drug-likeness (QED) is 0.0424. The van der Waals surface area contributed by atoms with Gasteiger partial charge in [-0.15, -0.1) is 0 Å². The Bertz CT molecular complexity index is 1910. The maximum Gasteiger partial charge on any atom is 0.274 e. The largest absolute Gasteiger partial charge is 0.790 e. The molecule has 3 rings (SSSR count). The van der Waals surface area contributed by atoms with Crippen molar-refractivity contribution in [2.24, 2.45) is 5.41 Å². The third kappa shape index (κ3) is 17.9. The highest BCUT2D eigenvalue weighted by atomic mass is 32.2. The molecular weight excluding hydrogens is 895 g/mol. The molecule has 0 saturated carbocycles. The fourth-order valence-corrected chi connectivity index (χ4v) is 9.26. The molecular formula is C32H52N7O18P3S-4. The van der Waals surface area contributed by atoms with E-state index in [2.05, 4.69) is 50.4 Å². The first-order chi connectivity index (χ1) is 28.4. The van der Waals surface area contributed by atoms with Crippen LogP contribution in [0.25, 0.3) is 11.2 Å². The summed E-state index contributed by atoms with van der Waals surface area (Å²) in [5.41, 5.74) is 4.05. The van der Waals surface area contributed by atoms with E-state index in [9.17, 15) is 63.0 Å². The first-order valence-electron chi connectivity index (χ1n) is 19.1. The Hall–Kier alpha value is -2.48. The Morgan fingerprint density at radius 2 is 1.67 bits per heavy atom. The molecule has 2 amide bonds. The van der Waals surface area contributed by atoms with E-state index in [4.69, 9.17) is 10.5 Å². The van der Waals surface area contributed by atoms with Crippen LogP contribution in [0.15, 0.2) is 12.7 Å². The van der Waals surface area contributed by atoms with Gasteiger partial charge in [-0.05, 0) is 6.42 Å². The number of hydrogen-bond donors (Lipinski definition) is 6. The summed E-state index contributed by atoms with van der Waals surface area (Å²) < 4.78 is 60.6. The van der Waals surface area contributed by atoms with Gasteiger partial charge in [0, 0.05) is 37.1 Å². The van der Waals surface area contributed by atoms with E-state index in [1.54, 1.807) is 0 Å². The van der Waals surface area contributed by atoms with Gasteiger partial charge in [0.1, 0.15) is 36.3 Å². The van der Waals surface area contributed by atoms with Crippen molar-refractivity contribution in [2.45, 2.75) is 115 Å². The molecule has 25 nitrogen and oxygen atoms in total. The number of phosphoric ester groups is 3. The van der Waals surface area contributed by atoms with Crippen molar-refractivity contribution < 1.29 is 85.6 Å². The topological polar surface area (TPSA) is 395 Å². The Morgan fingerprint density at radius 3 is 2.36 bits per heavy atom. The molecule has 0 bridgehead atoms. The van der Waals surface area contributed by atoms with Crippen LogP contribution in [-0.4, -0.2) is 114 Å². The Labute approximate surface area is 355 Å². The van der Waals surface area contributed by atoms with Gasteiger partial charge < -0.3 is 74.1 Å². The molecule has 348 valence electrons. The van der Waals surface area contributed by atoms with E-state index >= 15 is 0 Å². The number of nitrogens with one attached hydrogen (secondary N) is 2. The van der Waals surface area contributed by atoms with Crippen molar-refractivity contribution in [3.8, 4) is 0 Å². The van der Waals surface area contributed by atoms with Gasteiger partial charge in [0.15, 0.2) is 22.8 Å². The van der Waals surface area contributed by atoms with E-state index in [0.29, 0.717) is 6.42 Å². The smallest absolute Gasteiger partial charge is 0.274 e. The minimum absolute atomic E-state index is 0.0138. The van der Waals surface area contributed by atoms with Gasteiger partial charge in [0.2, 0.25) is 11.8 Å². The SMILES string of the molecule is CCCCCCCC[C@@H](O)CC(=O)SCCNC(=O)CCNC(=O)[C@H](O)C(C)(C)COP(=O)([O-])OP(=O)([O-])OC[C@H]1O[C@@H](n2cnc3c(N)ncnc32)[C@H](O)[C@@H]1OP(=O)([O-])[O-]. The molecule has 7 N–H and O–H groups in total. The van der Waals surface area contributed by atoms with E-state index in [0.717, 1.165) is 61.1 Å². The highest BCUT2D eigenvalue weighted by Gasteiger charge is 2.47. The van der Waals surface area contributed by atoms with Crippen LogP contribution >= 0.6 is 35.2 Å². The zero-order chi connectivity index (χ0) is 45.6. The van der Waals surface area contributed by atoms with Gasteiger partial charge >= 0.3 is 0 Å². The van der Waals surface area contributed by atoms with Crippen molar-refractivity contribution in [3.05, 3.63) is 12.7 Å². The summed E-state index contributed by atoms with van der Waals surface area (Å²) in [6.07, 6.45) is -1.38. The van der Waals surface area contributed by atoms with Crippen molar-refractivity contribution in [2.75, 3.05) is 37.8 Å². The molecule has 2 unspecified atom stereocenters. The minimum atomic E-state index is -5.92. The number of aliphatic hydroxyl groups is 3. The number of aliphatic hydroxyl groups excluding tert-OH is 3. The highest BCUT2D eigenvalue weighted by molar-refractivity contribution is 8.13. The molecule has 61 heavy (non-hydrogen) atoms. The predicted molar refractivity (Wildman–Crippen MR) is 207 cm³/mol. The van der Waals surface area contributed by atoms with E-state index < -0.39 is 90.7 Å². The molecule has 1 saturated heterocycles. The van der Waals surface area contributed by atoms with E-state index in [-0.39, 0.29) is 53.8 Å². The lowest BCUT2D eigenvalue weighted by atomic mass is 9.87. The lowest BCUT2D eigenvalue weighted by Gasteiger charge is -2.36. The fraction of sp³-hybridized carbons (Fsp3) is 0.750. The minimum Gasteiger partial charge on any atom is -0.790 e. The number of rotatable bonds is 28. The number of anilines is 1. The molecule has 0 radical (unpaired) electrons. The van der Waals surface area contributed by atoms with Crippen molar-refractivity contribution >= 4 is 69.1 Å². The van der Waals surface area contributed by atoms with Crippen molar-refractivity contribution in [1.29, 1.82) is 0 Å². The second-order valence-electron chi connectivity index (χ2n) is 14.6. The maximum absolute atomic E-state index is 12.6. The zero-order valence-corrected chi connectivity index (χ0v) is 37.1. The number of carbonyl (C=O) groups excluding carboxylic acids is 3. The molecule has 2 aromatic heterocycles. The third-order valence-electron chi connectivity index (χ3n) is 9.03. The number of fused-ring (bicyclic) bond motifs is 1. The third-order valence-corrected chi connectivity index (χ3v) is 12.9. The summed E-state index contributed by atoms with van der Waals surface area (Å²) in [6, 6.07) is 0. The van der Waals surface area contributed by atoms with Gasteiger partial charge in [-0.1, -0.05) is 71.1 Å². The van der Waals surface area contributed by atoms with Crippen molar-refractivity contribution in [1.82, 2.24) is 30.2 Å². The molecule has 1 aliphatic rings. The number of unbranched alkanes of at least 4 members (excludes halogenated alkanes) is 5. The fourth-order valence-electron chi connectivity index (χ4n) is 5.79. The van der Waals surface area contributed by atoms with Crippen LogP contribution in [0, 0.1) is 5.41 Å². The molecule has 0 aliphatic carbocycles. The zero-order valence-electron chi connectivity index (χ0n) is 33.6. The van der Waals surface area contributed by atoms with Gasteiger partial charge in [-0.2, -0.15) is 0 Å². The highest BCUT2D eigenvalue weighted by Crippen LogP contribution is 2.56. The second kappa shape index (κ2) is 24.0. The lowest BCUT2D eigenvalue weighted by Crippen LogP contribution is -2.46. The Balaban J connectivity index is 1.41. The average Bonchev–Trinajstić information content (AvgIpc) is 3.72. The van der Waals surface area contributed by atoms with E-state index in [1.807, 2.05) is 0 Å². The normalized spacial score (nSPS) is 21.4. The van der Waals surface area contributed by atoms with Crippen LogP contribution in [0.1, 0.15) is 84.8 Å². The first-order valence-corrected chi connectivity index (χ1v) is 24.5. The summed E-state index contributed by atoms with van der Waals surface area (Å²) in [6.45, 7) is 2.13. The number of thioether (sulfide) groups is 1. The summed E-state index contributed by atoms with van der Waals surface area (Å²) in [4.78, 5) is 96.4. The summed E-state index contributed by atoms with van der Waals surface area (Å²) in [5, 5.41) is 36.1. The maximum atomic E-state index is 12.6. The molecule has 1 aliphatic heterocycles. The number of nitrogen functional groups attached to an aromatic ring is 1. The van der Waals surface area contributed by atoms with Crippen LogP contribution in [0.3, 0.4) is 0 Å². The summed E-state index contributed by atoms with van der Waals surface area (Å²) in [7, 11) is -17.6. The number of hydrogen-bond acceptors (Lipinski definition) is 23. The van der Waals surface area contributed by atoms with Crippen LogP contribution < -0.4 is 35.9 Å². The summed E-state index contributed by atoms with van der Waals surface area (Å²) >= 11 is 0.977. The number of nitrogens with two attached hydrogens (primary N) is 1. The molecule has 0 aromatic carbocycles. The second-order valence-corrected chi connectivity index (χ2v) is 19.8. The Morgan fingerprint density at radius 1 is 1.00 bits per heavy atom. The van der Waals surface area contributed by atoms with E-state index in [1.165, 1.54) is 20.3 Å². The number of ether oxygens (including phenoxy) is 1. The lowest BCUT2D eigenvalue weighted by molar-refractivity contribution is -0.347. The molecule has 3 heterocycles. The van der Waals surface area contributed by atoms with Crippen LogP contribution in [0.5, 0.6) is 0 Å². The van der Waals surface area contributed by atoms with Crippen LogP contribution in [0.2, 0.25) is 0 Å². The Kier molecular flexibility index (Phi) is 20.8. The molecule has 1 fully saturated rings. The standard InChI is InChI=1S/C32H56N7O18P3S/c1-4-5-6-7-8-9-10-20(40)15-23(42)61-14-13-34-22(41)11-12-35-30(45)27(44)32(2,3)17-54-60(51,52)57-59(49,50)53-16-21-26(56-58(46,47)48)25(43)31(55-21)39-19-38-24-28(33)36-18-37-29(24)39/h18-21,25-27,31,40,43-44H,4-17H2,1-3H3,(H,34,41)(H,35,45)(H,49,50)(H,51,52)(H2,33,36,37)(H2,46,47,48)/p-4/t20-,21-,25-,26-,27+,31-/m1/s1. The van der Waals surface area contributed by atoms with Crippen LogP contribution in [-0.2, 0) is 50.7 Å². The first kappa shape index (κ1) is 52.9. The summed E-state index contributed by atoms with van der Waals surface area (Å²) in [5.74, 6) is -1.33. The van der Waals surface area contributed by atoms with Gasteiger partial charge in [-0.25, -0.2) is 19.3 Å². The number of nitrogens with zero attached hydrogens (tertiary/aromatic N) is 4. The number of imidazole rings is 1. The van der Waals surface area contributed by atoms with Gasteiger partial charge in [0.05, 0.1) is 33.5 Å². The van der Waals surface area contributed by atoms with Gasteiger partial charge in [0.25, 0.3) is 15.6 Å². The van der Waals surface area contributed by atoms with Crippen LogP contribution in [0.4, 0.5) is 5.82 Å². The van der Waals surface area contributed by atoms with Crippen molar-refractivity contribution in [3.63, 3.8) is 0 Å². The monoisotopic (exact) mass is 947 g/mol.